The highest BCUT2D eigenvalue weighted by Gasteiger charge is 1.91. The summed E-state index contributed by atoms with van der Waals surface area (Å²) in [7, 11) is 0. The molecule has 0 fully saturated rings. The molecule has 0 N–H and O–H groups in total. The van der Waals surface area contributed by atoms with Crippen LogP contribution in [-0.4, -0.2) is 12.7 Å². The first-order valence-electron chi connectivity index (χ1n) is 3.14. The fourth-order valence-corrected chi connectivity index (χ4v) is 0.505. The highest BCUT2D eigenvalue weighted by atomic mass is 16.5. The minimum absolute atomic E-state index is 0.0664. The Morgan fingerprint density at radius 1 is 1.67 bits per heavy atom. The average molecular weight is 125 g/mol. The number of hydrogen-bond donors (Lipinski definition) is 0. The smallest absolute Gasteiger partial charge is 0.115 e. The first-order chi connectivity index (χ1) is 4.31. The molecule has 1 radical (unpaired) electrons. The van der Waals surface area contributed by atoms with Gasteiger partial charge in [-0.1, -0.05) is 12.8 Å². The van der Waals surface area contributed by atoms with Crippen molar-refractivity contribution in [3.05, 3.63) is 6.92 Å². The molecule has 1 atom stereocenters. The van der Waals surface area contributed by atoms with Crippen molar-refractivity contribution in [1.82, 2.24) is 0 Å². The molecule has 0 aliphatic heterocycles. The maximum atomic E-state index is 5.20. The fourth-order valence-electron chi connectivity index (χ4n) is 0.505. The average Bonchev–Trinajstić information content (AvgIpc) is 1.85. The molecule has 0 aromatic carbocycles. The Morgan fingerprint density at radius 3 is 2.78 bits per heavy atom. The maximum absolute atomic E-state index is 5.20. The minimum Gasteiger partial charge on any atom is -0.366 e. The van der Waals surface area contributed by atoms with Gasteiger partial charge in [-0.05, 0) is 20.3 Å². The van der Waals surface area contributed by atoms with E-state index in [9.17, 15) is 0 Å². The van der Waals surface area contributed by atoms with Crippen molar-refractivity contribution in [2.24, 2.45) is 0 Å². The number of rotatable bonds is 3. The summed E-state index contributed by atoms with van der Waals surface area (Å²) in [4.78, 5) is 0. The summed E-state index contributed by atoms with van der Waals surface area (Å²) in [5, 5.41) is 0. The van der Waals surface area contributed by atoms with Crippen LogP contribution in [0, 0.1) is 18.8 Å². The van der Waals surface area contributed by atoms with Gasteiger partial charge in [0.15, 0.2) is 0 Å². The van der Waals surface area contributed by atoms with Crippen molar-refractivity contribution in [3.63, 3.8) is 0 Å². The predicted octanol–water partition coefficient (Wildman–Crippen LogP) is 1.64. The van der Waals surface area contributed by atoms with Crippen molar-refractivity contribution in [2.75, 3.05) is 6.61 Å². The molecule has 0 saturated heterocycles. The topological polar surface area (TPSA) is 9.23 Å². The largest absolute Gasteiger partial charge is 0.366 e. The lowest BCUT2D eigenvalue weighted by Gasteiger charge is -2.02. The van der Waals surface area contributed by atoms with E-state index in [2.05, 4.69) is 18.8 Å². The monoisotopic (exact) mass is 125 g/mol. The molecule has 1 heteroatoms. The molecule has 0 spiro atoms. The molecule has 0 amide bonds. The van der Waals surface area contributed by atoms with Gasteiger partial charge in [0.25, 0.3) is 0 Å². The number of hydrogen-bond acceptors (Lipinski definition) is 1. The Hall–Kier alpha value is -0.480. The normalized spacial score (nSPS) is 11.9. The summed E-state index contributed by atoms with van der Waals surface area (Å²) in [5.74, 6) is 5.66. The quantitative estimate of drug-likeness (QED) is 0.521. The molecule has 9 heavy (non-hydrogen) atoms. The van der Waals surface area contributed by atoms with Gasteiger partial charge in [0, 0.05) is 6.61 Å². The van der Waals surface area contributed by atoms with Crippen LogP contribution in [-0.2, 0) is 4.74 Å². The second kappa shape index (κ2) is 5.65. The molecule has 0 bridgehead atoms. The molecular weight excluding hydrogens is 112 g/mol. The first kappa shape index (κ1) is 8.52. The Bertz CT molecular complexity index is 107. The third kappa shape index (κ3) is 5.39. The third-order valence-electron chi connectivity index (χ3n) is 0.860. The lowest BCUT2D eigenvalue weighted by atomic mass is 10.4. The van der Waals surface area contributed by atoms with E-state index < -0.39 is 0 Å². The van der Waals surface area contributed by atoms with Gasteiger partial charge in [-0.15, -0.1) is 5.92 Å². The van der Waals surface area contributed by atoms with Gasteiger partial charge in [-0.25, -0.2) is 0 Å². The van der Waals surface area contributed by atoms with Crippen LogP contribution >= 0.6 is 0 Å². The molecule has 0 rings (SSSR count). The zero-order chi connectivity index (χ0) is 7.11. The van der Waals surface area contributed by atoms with E-state index in [-0.39, 0.29) is 6.10 Å². The fraction of sp³-hybridized carbons (Fsp3) is 0.625. The molecule has 1 unspecified atom stereocenters. The van der Waals surface area contributed by atoms with Crippen molar-refractivity contribution >= 4 is 0 Å². The summed E-state index contributed by atoms with van der Waals surface area (Å²) in [5.41, 5.74) is 0. The Labute approximate surface area is 57.4 Å². The summed E-state index contributed by atoms with van der Waals surface area (Å²) in [6.45, 7) is 8.10. The molecular formula is C8H13O. The van der Waals surface area contributed by atoms with E-state index in [4.69, 9.17) is 4.74 Å². The van der Waals surface area contributed by atoms with Crippen LogP contribution in [0.4, 0.5) is 0 Å². The van der Waals surface area contributed by atoms with Crippen molar-refractivity contribution in [2.45, 2.75) is 26.4 Å². The van der Waals surface area contributed by atoms with Gasteiger partial charge in [-0.3, -0.25) is 0 Å². The van der Waals surface area contributed by atoms with Crippen molar-refractivity contribution in [3.8, 4) is 11.8 Å². The highest BCUT2D eigenvalue weighted by molar-refractivity contribution is 5.00. The SMILES string of the molecule is [CH2]CCOC(C)C#CC. The molecule has 1 nitrogen and oxygen atoms in total. The van der Waals surface area contributed by atoms with Gasteiger partial charge >= 0.3 is 0 Å². The summed E-state index contributed by atoms with van der Waals surface area (Å²) < 4.78 is 5.20. The standard InChI is InChI=1S/C8H13O/c1-4-6-8(3)9-7-5-2/h8H,2,5,7H2,1,3H3. The molecule has 0 aromatic heterocycles. The summed E-state index contributed by atoms with van der Waals surface area (Å²) >= 11 is 0. The minimum atomic E-state index is 0.0664. The third-order valence-corrected chi connectivity index (χ3v) is 0.860. The molecule has 0 aliphatic rings. The van der Waals surface area contributed by atoms with Crippen LogP contribution in [0.3, 0.4) is 0 Å². The Morgan fingerprint density at radius 2 is 2.33 bits per heavy atom. The predicted molar refractivity (Wildman–Crippen MR) is 38.8 cm³/mol. The van der Waals surface area contributed by atoms with Crippen LogP contribution in [0.1, 0.15) is 20.3 Å². The Balaban J connectivity index is 3.23. The molecule has 51 valence electrons. The van der Waals surface area contributed by atoms with E-state index in [1.165, 1.54) is 0 Å². The van der Waals surface area contributed by atoms with Gasteiger partial charge in [0.2, 0.25) is 0 Å². The molecule has 0 heterocycles. The maximum Gasteiger partial charge on any atom is 0.115 e. The van der Waals surface area contributed by atoms with E-state index in [0.29, 0.717) is 6.61 Å². The van der Waals surface area contributed by atoms with Crippen LogP contribution in [0.5, 0.6) is 0 Å². The van der Waals surface area contributed by atoms with Gasteiger partial charge in [0.1, 0.15) is 6.10 Å². The van der Waals surface area contributed by atoms with Crippen LogP contribution < -0.4 is 0 Å². The second-order valence-electron chi connectivity index (χ2n) is 1.76. The van der Waals surface area contributed by atoms with Gasteiger partial charge in [-0.2, -0.15) is 0 Å². The van der Waals surface area contributed by atoms with Crippen LogP contribution in [0.2, 0.25) is 0 Å². The van der Waals surface area contributed by atoms with Crippen molar-refractivity contribution in [1.29, 1.82) is 0 Å². The zero-order valence-corrected chi connectivity index (χ0v) is 6.11. The molecule has 0 saturated carbocycles. The molecule has 0 aliphatic carbocycles. The number of ether oxygens (including phenoxy) is 1. The summed E-state index contributed by atoms with van der Waals surface area (Å²) in [6.07, 6.45) is 0.882. The first-order valence-corrected chi connectivity index (χ1v) is 3.14. The summed E-state index contributed by atoms with van der Waals surface area (Å²) in [6, 6.07) is 0. The van der Waals surface area contributed by atoms with E-state index in [1.54, 1.807) is 0 Å². The van der Waals surface area contributed by atoms with E-state index in [0.717, 1.165) is 6.42 Å². The lowest BCUT2D eigenvalue weighted by Crippen LogP contribution is -2.05. The van der Waals surface area contributed by atoms with Crippen LogP contribution in [0.15, 0.2) is 0 Å². The van der Waals surface area contributed by atoms with Crippen molar-refractivity contribution < 1.29 is 4.74 Å². The van der Waals surface area contributed by atoms with E-state index >= 15 is 0 Å². The zero-order valence-electron chi connectivity index (χ0n) is 6.11. The Kier molecular flexibility index (Phi) is 5.35. The lowest BCUT2D eigenvalue weighted by molar-refractivity contribution is 0.107. The van der Waals surface area contributed by atoms with Gasteiger partial charge < -0.3 is 4.74 Å². The molecule has 0 aromatic rings. The van der Waals surface area contributed by atoms with E-state index in [1.807, 2.05) is 13.8 Å². The second-order valence-corrected chi connectivity index (χ2v) is 1.76. The highest BCUT2D eigenvalue weighted by Crippen LogP contribution is 1.88. The van der Waals surface area contributed by atoms with Gasteiger partial charge in [0.05, 0.1) is 0 Å². The van der Waals surface area contributed by atoms with Crippen LogP contribution in [0.25, 0.3) is 0 Å².